The van der Waals surface area contributed by atoms with E-state index < -0.39 is 5.97 Å². The van der Waals surface area contributed by atoms with Crippen molar-refractivity contribution in [2.24, 2.45) is 0 Å². The van der Waals surface area contributed by atoms with Crippen LogP contribution in [0.3, 0.4) is 0 Å². The van der Waals surface area contributed by atoms with Gasteiger partial charge in [-0.05, 0) is 68.4 Å². The molecule has 0 radical (unpaired) electrons. The number of nitrogens with one attached hydrogen (secondary N) is 1. The zero-order valence-electron chi connectivity index (χ0n) is 14.8. The third kappa shape index (κ3) is 4.10. The first-order valence-electron chi connectivity index (χ1n) is 8.59. The van der Waals surface area contributed by atoms with Crippen LogP contribution in [0, 0.1) is 13.8 Å². The van der Waals surface area contributed by atoms with Crippen molar-refractivity contribution in [3.05, 3.63) is 56.3 Å². The van der Waals surface area contributed by atoms with Crippen LogP contribution in [0.25, 0.3) is 0 Å². The topological polar surface area (TPSA) is 55.4 Å². The summed E-state index contributed by atoms with van der Waals surface area (Å²) in [7, 11) is 0. The Balaban J connectivity index is 1.51. The number of esters is 1. The smallest absolute Gasteiger partial charge is 0.348 e. The van der Waals surface area contributed by atoms with Crippen molar-refractivity contribution in [2.45, 2.75) is 46.1 Å². The van der Waals surface area contributed by atoms with E-state index in [9.17, 15) is 9.59 Å². The van der Waals surface area contributed by atoms with Crippen molar-refractivity contribution in [1.29, 1.82) is 0 Å². The quantitative estimate of drug-likeness (QED) is 0.826. The van der Waals surface area contributed by atoms with Crippen molar-refractivity contribution in [3.63, 3.8) is 0 Å². The Labute approximate surface area is 152 Å². The summed E-state index contributed by atoms with van der Waals surface area (Å²) < 4.78 is 5.17. The molecule has 3 rings (SSSR count). The molecule has 1 amide bonds. The van der Waals surface area contributed by atoms with Gasteiger partial charge in [0.15, 0.2) is 6.61 Å². The van der Waals surface area contributed by atoms with E-state index in [1.54, 1.807) is 0 Å². The van der Waals surface area contributed by atoms with E-state index in [1.165, 1.54) is 32.9 Å². The number of fused-ring (bicyclic) bond motifs is 1. The first-order chi connectivity index (χ1) is 11.9. The molecule has 0 saturated carbocycles. The first-order valence-corrected chi connectivity index (χ1v) is 9.41. The zero-order chi connectivity index (χ0) is 18.0. The number of carbonyl (C=O) groups is 2. The summed E-state index contributed by atoms with van der Waals surface area (Å²) in [5, 5.41) is 2.88. The summed E-state index contributed by atoms with van der Waals surface area (Å²) in [6.45, 7) is 5.78. The fraction of sp³-hybridized carbons (Fsp3) is 0.400. The molecule has 1 atom stereocenters. The van der Waals surface area contributed by atoms with Gasteiger partial charge in [-0.2, -0.15) is 0 Å². The van der Waals surface area contributed by atoms with E-state index in [2.05, 4.69) is 18.3 Å². The van der Waals surface area contributed by atoms with Crippen LogP contribution in [0.2, 0.25) is 0 Å². The van der Waals surface area contributed by atoms with Gasteiger partial charge < -0.3 is 10.1 Å². The average molecular weight is 357 g/mol. The molecular formula is C20H23NO3S. The number of thiophene rings is 1. The number of aryl methyl sites for hydroxylation is 4. The van der Waals surface area contributed by atoms with Crippen molar-refractivity contribution in [2.75, 3.05) is 6.61 Å². The molecule has 4 nitrogen and oxygen atoms in total. The SMILES string of the molecule is Cc1ccc([C@H](C)NC(=O)COC(=O)c2cc3c(s2)CCC3)cc1C. The summed E-state index contributed by atoms with van der Waals surface area (Å²) in [5.41, 5.74) is 4.71. The number of amides is 1. The molecule has 0 saturated heterocycles. The minimum Gasteiger partial charge on any atom is -0.451 e. The summed E-state index contributed by atoms with van der Waals surface area (Å²) in [5.74, 6) is -0.698. The van der Waals surface area contributed by atoms with Gasteiger partial charge in [-0.1, -0.05) is 18.2 Å². The molecule has 25 heavy (non-hydrogen) atoms. The maximum Gasteiger partial charge on any atom is 0.348 e. The van der Waals surface area contributed by atoms with Crippen LogP contribution in [0.5, 0.6) is 0 Å². The third-order valence-corrected chi connectivity index (χ3v) is 5.91. The predicted molar refractivity (Wildman–Crippen MR) is 99.1 cm³/mol. The summed E-state index contributed by atoms with van der Waals surface area (Å²) in [6, 6.07) is 7.90. The van der Waals surface area contributed by atoms with Crippen LogP contribution in [0.1, 0.15) is 56.2 Å². The van der Waals surface area contributed by atoms with Gasteiger partial charge in [-0.25, -0.2) is 4.79 Å². The van der Waals surface area contributed by atoms with E-state index in [-0.39, 0.29) is 18.6 Å². The van der Waals surface area contributed by atoms with Crippen molar-refractivity contribution < 1.29 is 14.3 Å². The minimum absolute atomic E-state index is 0.129. The number of hydrogen-bond donors (Lipinski definition) is 1. The summed E-state index contributed by atoms with van der Waals surface area (Å²) >= 11 is 1.49. The average Bonchev–Trinajstić information content (AvgIpc) is 3.16. The third-order valence-electron chi connectivity index (χ3n) is 4.69. The molecule has 0 bridgehead atoms. The lowest BCUT2D eigenvalue weighted by Gasteiger charge is -2.15. The maximum atomic E-state index is 12.1. The van der Waals surface area contributed by atoms with Crippen LogP contribution in [-0.4, -0.2) is 18.5 Å². The fourth-order valence-corrected chi connectivity index (χ4v) is 4.18. The Morgan fingerprint density at radius 2 is 2.00 bits per heavy atom. The summed E-state index contributed by atoms with van der Waals surface area (Å²) in [6.07, 6.45) is 3.24. The Hall–Kier alpha value is -2.14. The van der Waals surface area contributed by atoms with Crippen LogP contribution in [0.15, 0.2) is 24.3 Å². The molecule has 1 aromatic carbocycles. The highest BCUT2D eigenvalue weighted by atomic mass is 32.1. The molecule has 0 aliphatic heterocycles. The van der Waals surface area contributed by atoms with Gasteiger partial charge in [-0.15, -0.1) is 11.3 Å². The lowest BCUT2D eigenvalue weighted by atomic mass is 10.0. The molecule has 1 heterocycles. The minimum atomic E-state index is -0.409. The maximum absolute atomic E-state index is 12.1. The summed E-state index contributed by atoms with van der Waals surface area (Å²) in [4.78, 5) is 26.0. The van der Waals surface area contributed by atoms with E-state index in [4.69, 9.17) is 4.74 Å². The zero-order valence-corrected chi connectivity index (χ0v) is 15.7. The molecule has 1 aliphatic rings. The van der Waals surface area contributed by atoms with Crippen LogP contribution < -0.4 is 5.32 Å². The van der Waals surface area contributed by atoms with E-state index in [0.29, 0.717) is 4.88 Å². The lowest BCUT2D eigenvalue weighted by molar-refractivity contribution is -0.124. The van der Waals surface area contributed by atoms with Crippen molar-refractivity contribution in [3.8, 4) is 0 Å². The largest absolute Gasteiger partial charge is 0.451 e. The number of rotatable bonds is 5. The van der Waals surface area contributed by atoms with E-state index in [0.717, 1.165) is 24.8 Å². The Morgan fingerprint density at radius 3 is 2.72 bits per heavy atom. The van der Waals surface area contributed by atoms with Crippen LogP contribution in [0.4, 0.5) is 0 Å². The normalized spacial score (nSPS) is 14.0. The first kappa shape index (κ1) is 17.7. The molecule has 1 N–H and O–H groups in total. The molecule has 1 aromatic heterocycles. The van der Waals surface area contributed by atoms with Crippen LogP contribution >= 0.6 is 11.3 Å². The highest BCUT2D eigenvalue weighted by Gasteiger charge is 2.20. The second-order valence-electron chi connectivity index (χ2n) is 6.62. The predicted octanol–water partition coefficient (Wildman–Crippen LogP) is 3.89. The van der Waals surface area contributed by atoms with Crippen LogP contribution in [-0.2, 0) is 22.4 Å². The van der Waals surface area contributed by atoms with E-state index in [1.807, 2.05) is 32.0 Å². The van der Waals surface area contributed by atoms with Gasteiger partial charge in [0, 0.05) is 4.88 Å². The standard InChI is InChI=1S/C20H23NO3S/c1-12-7-8-15(9-13(12)2)14(3)21-19(22)11-24-20(23)18-10-16-5-4-6-17(16)25-18/h7-10,14H,4-6,11H2,1-3H3,(H,21,22)/t14-/m0/s1. The van der Waals surface area contributed by atoms with Crippen molar-refractivity contribution >= 4 is 23.2 Å². The van der Waals surface area contributed by atoms with Crippen molar-refractivity contribution in [1.82, 2.24) is 5.32 Å². The van der Waals surface area contributed by atoms with E-state index >= 15 is 0 Å². The molecule has 1 aliphatic carbocycles. The molecule has 132 valence electrons. The monoisotopic (exact) mass is 357 g/mol. The number of benzene rings is 1. The second kappa shape index (κ2) is 7.40. The molecule has 0 unspecified atom stereocenters. The highest BCUT2D eigenvalue weighted by molar-refractivity contribution is 7.14. The highest BCUT2D eigenvalue weighted by Crippen LogP contribution is 2.30. The molecule has 0 fully saturated rings. The lowest BCUT2D eigenvalue weighted by Crippen LogP contribution is -2.31. The Kier molecular flexibility index (Phi) is 5.23. The molecule has 5 heteroatoms. The second-order valence-corrected chi connectivity index (χ2v) is 7.76. The van der Waals surface area contributed by atoms with Gasteiger partial charge >= 0.3 is 5.97 Å². The Morgan fingerprint density at radius 1 is 1.20 bits per heavy atom. The fourth-order valence-electron chi connectivity index (χ4n) is 3.03. The Bertz CT molecular complexity index is 788. The van der Waals surface area contributed by atoms with Gasteiger partial charge in [0.2, 0.25) is 0 Å². The number of ether oxygens (including phenoxy) is 1. The molecule has 0 spiro atoms. The molecule has 2 aromatic rings. The number of carbonyl (C=O) groups excluding carboxylic acids is 2. The van der Waals surface area contributed by atoms with Gasteiger partial charge in [0.25, 0.3) is 5.91 Å². The number of hydrogen-bond acceptors (Lipinski definition) is 4. The van der Waals surface area contributed by atoms with Gasteiger partial charge in [0.05, 0.1) is 6.04 Å². The van der Waals surface area contributed by atoms with Gasteiger partial charge in [-0.3, -0.25) is 4.79 Å². The molecular weight excluding hydrogens is 334 g/mol. The van der Waals surface area contributed by atoms with Gasteiger partial charge in [0.1, 0.15) is 4.88 Å².